The Bertz CT molecular complexity index is 329. The van der Waals surface area contributed by atoms with Gasteiger partial charge in [-0.15, -0.1) is 0 Å². The van der Waals surface area contributed by atoms with Crippen LogP contribution < -0.4 is 11.1 Å². The quantitative estimate of drug-likeness (QED) is 0.731. The van der Waals surface area contributed by atoms with Gasteiger partial charge in [-0.25, -0.2) is 8.78 Å². The van der Waals surface area contributed by atoms with Gasteiger partial charge in [0.25, 0.3) is 0 Å². The van der Waals surface area contributed by atoms with Gasteiger partial charge in [0.2, 0.25) is 0 Å². The highest BCUT2D eigenvalue weighted by atomic mass is 19.2. The molecule has 0 aliphatic heterocycles. The van der Waals surface area contributed by atoms with Crippen molar-refractivity contribution in [3.05, 3.63) is 35.4 Å². The molecular formula is C12H18F2N2. The summed E-state index contributed by atoms with van der Waals surface area (Å²) >= 11 is 0. The summed E-state index contributed by atoms with van der Waals surface area (Å²) in [6, 6.07) is 3.95. The van der Waals surface area contributed by atoms with Gasteiger partial charge in [-0.05, 0) is 43.1 Å². The van der Waals surface area contributed by atoms with E-state index in [1.165, 1.54) is 6.07 Å². The molecule has 0 heterocycles. The summed E-state index contributed by atoms with van der Waals surface area (Å²) in [6.07, 6.45) is 0.986. The Morgan fingerprint density at radius 2 is 2.06 bits per heavy atom. The molecule has 0 saturated heterocycles. The van der Waals surface area contributed by atoms with E-state index in [9.17, 15) is 8.78 Å². The zero-order chi connectivity index (χ0) is 12.0. The summed E-state index contributed by atoms with van der Waals surface area (Å²) in [7, 11) is 0. The third-order valence-corrected chi connectivity index (χ3v) is 2.53. The summed E-state index contributed by atoms with van der Waals surface area (Å²) in [5, 5.41) is 3.17. The van der Waals surface area contributed by atoms with Crippen molar-refractivity contribution in [3.63, 3.8) is 0 Å². The number of nitrogens with one attached hydrogen (secondary N) is 1. The second kappa shape index (κ2) is 6.55. The Morgan fingerprint density at radius 1 is 1.31 bits per heavy atom. The zero-order valence-electron chi connectivity index (χ0n) is 9.47. The average molecular weight is 228 g/mol. The van der Waals surface area contributed by atoms with E-state index in [2.05, 4.69) is 12.2 Å². The van der Waals surface area contributed by atoms with E-state index in [4.69, 9.17) is 5.73 Å². The molecule has 0 bridgehead atoms. The minimum Gasteiger partial charge on any atom is -0.330 e. The van der Waals surface area contributed by atoms with E-state index in [1.807, 2.05) is 0 Å². The highest BCUT2D eigenvalue weighted by Gasteiger charge is 2.02. The fraction of sp³-hybridized carbons (Fsp3) is 0.500. The van der Waals surface area contributed by atoms with Crippen LogP contribution in [0.4, 0.5) is 8.78 Å². The summed E-state index contributed by atoms with van der Waals surface area (Å²) in [5.41, 5.74) is 6.23. The standard InChI is InChI=1S/C12H18F2N2/c1-9(7-15)4-5-16-8-10-2-3-11(13)12(14)6-10/h2-3,6,9,16H,4-5,7-8,15H2,1H3. The molecule has 1 rings (SSSR count). The van der Waals surface area contributed by atoms with Crippen molar-refractivity contribution in [2.45, 2.75) is 19.9 Å². The highest BCUT2D eigenvalue weighted by Crippen LogP contribution is 2.08. The van der Waals surface area contributed by atoms with Crippen LogP contribution in [-0.4, -0.2) is 13.1 Å². The molecule has 1 unspecified atom stereocenters. The smallest absolute Gasteiger partial charge is 0.159 e. The van der Waals surface area contributed by atoms with Crippen molar-refractivity contribution in [2.75, 3.05) is 13.1 Å². The summed E-state index contributed by atoms with van der Waals surface area (Å²) in [6.45, 7) is 4.14. The van der Waals surface area contributed by atoms with Crippen LogP contribution in [-0.2, 0) is 6.54 Å². The second-order valence-corrected chi connectivity index (χ2v) is 4.05. The summed E-state index contributed by atoms with van der Waals surface area (Å²) in [4.78, 5) is 0. The van der Waals surface area contributed by atoms with Crippen LogP contribution in [0.2, 0.25) is 0 Å². The molecule has 0 amide bonds. The molecule has 0 aromatic heterocycles. The number of benzene rings is 1. The number of nitrogens with two attached hydrogens (primary N) is 1. The van der Waals surface area contributed by atoms with E-state index < -0.39 is 11.6 Å². The molecule has 1 atom stereocenters. The fourth-order valence-corrected chi connectivity index (χ4v) is 1.35. The van der Waals surface area contributed by atoms with Gasteiger partial charge < -0.3 is 11.1 Å². The van der Waals surface area contributed by atoms with Gasteiger partial charge in [0.1, 0.15) is 0 Å². The summed E-state index contributed by atoms with van der Waals surface area (Å²) < 4.78 is 25.5. The van der Waals surface area contributed by atoms with Gasteiger partial charge in [-0.3, -0.25) is 0 Å². The van der Waals surface area contributed by atoms with Crippen molar-refractivity contribution in [1.29, 1.82) is 0 Å². The first-order valence-corrected chi connectivity index (χ1v) is 5.48. The Kier molecular flexibility index (Phi) is 5.35. The first-order chi connectivity index (χ1) is 7.63. The van der Waals surface area contributed by atoms with Crippen LogP contribution in [0.15, 0.2) is 18.2 Å². The lowest BCUT2D eigenvalue weighted by atomic mass is 10.1. The van der Waals surface area contributed by atoms with Crippen LogP contribution in [0.5, 0.6) is 0 Å². The highest BCUT2D eigenvalue weighted by molar-refractivity contribution is 5.17. The molecule has 4 heteroatoms. The van der Waals surface area contributed by atoms with Crippen molar-refractivity contribution in [2.24, 2.45) is 11.7 Å². The van der Waals surface area contributed by atoms with Crippen molar-refractivity contribution in [1.82, 2.24) is 5.32 Å². The molecule has 3 N–H and O–H groups in total. The van der Waals surface area contributed by atoms with Gasteiger partial charge in [0.05, 0.1) is 0 Å². The van der Waals surface area contributed by atoms with Crippen LogP contribution in [0.3, 0.4) is 0 Å². The third kappa shape index (κ3) is 4.24. The Balaban J connectivity index is 2.29. The monoisotopic (exact) mass is 228 g/mol. The normalized spacial score (nSPS) is 12.8. The van der Waals surface area contributed by atoms with Crippen LogP contribution in [0, 0.1) is 17.6 Å². The minimum absolute atomic E-state index is 0.484. The topological polar surface area (TPSA) is 38.0 Å². The van der Waals surface area contributed by atoms with E-state index in [-0.39, 0.29) is 0 Å². The molecule has 0 fully saturated rings. The SMILES string of the molecule is CC(CN)CCNCc1ccc(F)c(F)c1. The molecule has 0 saturated carbocycles. The molecule has 0 aliphatic carbocycles. The van der Waals surface area contributed by atoms with E-state index >= 15 is 0 Å². The molecule has 0 radical (unpaired) electrons. The number of rotatable bonds is 6. The minimum atomic E-state index is -0.805. The maximum atomic E-state index is 12.9. The lowest BCUT2D eigenvalue weighted by Gasteiger charge is -2.09. The zero-order valence-corrected chi connectivity index (χ0v) is 9.47. The van der Waals surface area contributed by atoms with Crippen LogP contribution >= 0.6 is 0 Å². The molecule has 0 aliphatic rings. The maximum absolute atomic E-state index is 12.9. The maximum Gasteiger partial charge on any atom is 0.159 e. The molecule has 90 valence electrons. The predicted octanol–water partition coefficient (Wildman–Crippen LogP) is 2.04. The van der Waals surface area contributed by atoms with Gasteiger partial charge in [-0.1, -0.05) is 13.0 Å². The third-order valence-electron chi connectivity index (χ3n) is 2.53. The predicted molar refractivity (Wildman–Crippen MR) is 60.9 cm³/mol. The summed E-state index contributed by atoms with van der Waals surface area (Å²) in [5.74, 6) is -1.12. The fourth-order valence-electron chi connectivity index (χ4n) is 1.35. The van der Waals surface area contributed by atoms with E-state index in [0.717, 1.165) is 24.6 Å². The number of hydrogen-bond acceptors (Lipinski definition) is 2. The van der Waals surface area contributed by atoms with E-state index in [1.54, 1.807) is 6.07 Å². The average Bonchev–Trinajstić information content (AvgIpc) is 2.28. The molecule has 2 nitrogen and oxygen atoms in total. The first kappa shape index (κ1) is 13.1. The molecule has 16 heavy (non-hydrogen) atoms. The van der Waals surface area contributed by atoms with Crippen molar-refractivity contribution >= 4 is 0 Å². The van der Waals surface area contributed by atoms with Gasteiger partial charge >= 0.3 is 0 Å². The number of halogens is 2. The Morgan fingerprint density at radius 3 is 2.69 bits per heavy atom. The lowest BCUT2D eigenvalue weighted by Crippen LogP contribution is -2.20. The van der Waals surface area contributed by atoms with Crippen molar-refractivity contribution < 1.29 is 8.78 Å². The van der Waals surface area contributed by atoms with Crippen LogP contribution in [0.25, 0.3) is 0 Å². The lowest BCUT2D eigenvalue weighted by molar-refractivity contribution is 0.499. The Labute approximate surface area is 94.8 Å². The second-order valence-electron chi connectivity index (χ2n) is 4.05. The largest absolute Gasteiger partial charge is 0.330 e. The molecule has 1 aromatic rings. The van der Waals surface area contributed by atoms with Gasteiger partial charge in [-0.2, -0.15) is 0 Å². The van der Waals surface area contributed by atoms with Gasteiger partial charge in [0.15, 0.2) is 11.6 Å². The first-order valence-electron chi connectivity index (χ1n) is 5.48. The van der Waals surface area contributed by atoms with Crippen molar-refractivity contribution in [3.8, 4) is 0 Å². The number of hydrogen-bond donors (Lipinski definition) is 2. The Hall–Kier alpha value is -1.00. The molecule has 1 aromatic carbocycles. The van der Waals surface area contributed by atoms with Gasteiger partial charge in [0, 0.05) is 6.54 Å². The molecular weight excluding hydrogens is 210 g/mol. The molecule has 0 spiro atoms. The van der Waals surface area contributed by atoms with Crippen LogP contribution in [0.1, 0.15) is 18.9 Å². The van der Waals surface area contributed by atoms with E-state index in [0.29, 0.717) is 19.0 Å².